The Morgan fingerprint density at radius 2 is 2.05 bits per heavy atom. The van der Waals surface area contributed by atoms with E-state index in [4.69, 9.17) is 16.7 Å². The van der Waals surface area contributed by atoms with Gasteiger partial charge in [-0.15, -0.1) is 0 Å². The van der Waals surface area contributed by atoms with Crippen molar-refractivity contribution in [2.75, 3.05) is 24.3 Å². The smallest absolute Gasteiger partial charge is 0.225 e. The number of aromatic nitrogens is 2. The van der Waals surface area contributed by atoms with Crippen molar-refractivity contribution in [3.8, 4) is 0 Å². The van der Waals surface area contributed by atoms with Crippen molar-refractivity contribution >= 4 is 46.0 Å². The molecule has 0 saturated heterocycles. The molecule has 0 radical (unpaired) electrons. The van der Waals surface area contributed by atoms with E-state index in [-0.39, 0.29) is 12.5 Å². The Morgan fingerprint density at radius 1 is 1.35 bits per heavy atom. The molecule has 20 heavy (non-hydrogen) atoms. The normalized spacial score (nSPS) is 29.5. The van der Waals surface area contributed by atoms with Gasteiger partial charge in [-0.05, 0) is 29.0 Å². The number of hydrogen-bond donors (Lipinski definition) is 5. The summed E-state index contributed by atoms with van der Waals surface area (Å²) < 4.78 is 0.636. The first kappa shape index (κ1) is 16.0. The number of aliphatic hydroxyl groups is 3. The summed E-state index contributed by atoms with van der Waals surface area (Å²) in [4.78, 5) is 8.28. The summed E-state index contributed by atoms with van der Waals surface area (Å²) in [5.74, 6) is 0.510. The van der Waals surface area contributed by atoms with Crippen LogP contribution >= 0.6 is 34.2 Å². The maximum Gasteiger partial charge on any atom is 0.225 e. The predicted octanol–water partition coefficient (Wildman–Crippen LogP) is 0.291. The zero-order valence-electron chi connectivity index (χ0n) is 10.7. The molecule has 1 aliphatic rings. The van der Waals surface area contributed by atoms with E-state index in [1.807, 2.05) is 22.6 Å². The second kappa shape index (κ2) is 6.56. The van der Waals surface area contributed by atoms with E-state index >= 15 is 0 Å². The Labute approximate surface area is 134 Å². The summed E-state index contributed by atoms with van der Waals surface area (Å²) in [5.41, 5.74) is 0. The van der Waals surface area contributed by atoms with Crippen LogP contribution in [0.1, 0.15) is 6.42 Å². The van der Waals surface area contributed by atoms with Crippen molar-refractivity contribution in [2.24, 2.45) is 5.92 Å². The molecule has 1 fully saturated rings. The first-order valence-electron chi connectivity index (χ1n) is 6.12. The minimum absolute atomic E-state index is 0.167. The second-order valence-corrected chi connectivity index (χ2v) is 6.10. The van der Waals surface area contributed by atoms with Crippen LogP contribution in [0.4, 0.5) is 11.8 Å². The summed E-state index contributed by atoms with van der Waals surface area (Å²) in [6.07, 6.45) is -1.46. The minimum atomic E-state index is -0.963. The van der Waals surface area contributed by atoms with Crippen molar-refractivity contribution in [1.29, 1.82) is 0 Å². The molecule has 9 heteroatoms. The van der Waals surface area contributed by atoms with Crippen LogP contribution in [0.15, 0.2) is 0 Å². The molecule has 0 amide bonds. The van der Waals surface area contributed by atoms with E-state index < -0.39 is 18.2 Å². The van der Waals surface area contributed by atoms with Gasteiger partial charge in [0.05, 0.1) is 15.7 Å². The molecule has 0 unspecified atom stereocenters. The molecule has 0 aromatic carbocycles. The summed E-state index contributed by atoms with van der Waals surface area (Å²) in [6.45, 7) is -0.167. The summed E-state index contributed by atoms with van der Waals surface area (Å²) >= 11 is 8.02. The van der Waals surface area contributed by atoms with Crippen LogP contribution < -0.4 is 10.6 Å². The predicted molar refractivity (Wildman–Crippen MR) is 83.9 cm³/mol. The van der Waals surface area contributed by atoms with Crippen molar-refractivity contribution in [2.45, 2.75) is 24.7 Å². The first-order chi connectivity index (χ1) is 9.47. The zero-order chi connectivity index (χ0) is 14.9. The molecule has 112 valence electrons. The minimum Gasteiger partial charge on any atom is -0.396 e. The van der Waals surface area contributed by atoms with Crippen LogP contribution in [-0.4, -0.2) is 57.2 Å². The van der Waals surface area contributed by atoms with Crippen molar-refractivity contribution in [3.63, 3.8) is 0 Å². The highest BCUT2D eigenvalue weighted by Crippen LogP contribution is 2.31. The molecular weight excluding hydrogens is 399 g/mol. The third kappa shape index (κ3) is 3.08. The molecule has 0 bridgehead atoms. The number of nitrogens with zero attached hydrogens (tertiary/aromatic N) is 2. The molecule has 1 heterocycles. The van der Waals surface area contributed by atoms with Gasteiger partial charge in [0.25, 0.3) is 0 Å². The molecule has 1 aliphatic carbocycles. The lowest BCUT2D eigenvalue weighted by Gasteiger charge is -2.19. The molecule has 1 saturated carbocycles. The van der Waals surface area contributed by atoms with Crippen LogP contribution in [0.3, 0.4) is 0 Å². The van der Waals surface area contributed by atoms with Gasteiger partial charge in [0.15, 0.2) is 0 Å². The number of nitrogens with one attached hydrogen (secondary N) is 2. The van der Waals surface area contributed by atoms with Gasteiger partial charge in [0.1, 0.15) is 17.1 Å². The number of rotatable bonds is 4. The van der Waals surface area contributed by atoms with Crippen molar-refractivity contribution in [3.05, 3.63) is 8.72 Å². The standard InChI is InChI=1S/C11H16ClIN4O3/c1-14-11-16-9(12)6(13)10(17-11)15-5-2-4(3-18)7(19)8(5)20/h4-5,7-8,18-20H,2-3H2,1H3,(H2,14,15,16,17)/t4-,5-,7-,8+/m1/s1. The SMILES string of the molecule is CNc1nc(Cl)c(I)c(N[C@@H]2C[C@H](CO)[C@@H](O)[C@H]2O)n1. The number of hydrogen-bond acceptors (Lipinski definition) is 7. The maximum atomic E-state index is 9.99. The lowest BCUT2D eigenvalue weighted by molar-refractivity contribution is 0.00445. The van der Waals surface area contributed by atoms with E-state index in [1.54, 1.807) is 7.05 Å². The number of halogens is 2. The quantitative estimate of drug-likeness (QED) is 0.356. The van der Waals surface area contributed by atoms with Crippen LogP contribution in [-0.2, 0) is 0 Å². The van der Waals surface area contributed by atoms with Crippen molar-refractivity contribution in [1.82, 2.24) is 9.97 Å². The first-order valence-corrected chi connectivity index (χ1v) is 7.58. The highest BCUT2D eigenvalue weighted by Gasteiger charge is 2.41. The highest BCUT2D eigenvalue weighted by atomic mass is 127. The van der Waals surface area contributed by atoms with E-state index in [0.29, 0.717) is 26.9 Å². The fraction of sp³-hybridized carbons (Fsp3) is 0.636. The Kier molecular flexibility index (Phi) is 5.24. The fourth-order valence-electron chi connectivity index (χ4n) is 2.25. The van der Waals surface area contributed by atoms with Gasteiger partial charge in [-0.25, -0.2) is 0 Å². The van der Waals surface area contributed by atoms with Crippen LogP contribution in [0.25, 0.3) is 0 Å². The van der Waals surface area contributed by atoms with Gasteiger partial charge in [0, 0.05) is 19.6 Å². The molecule has 7 nitrogen and oxygen atoms in total. The molecule has 0 spiro atoms. The monoisotopic (exact) mass is 414 g/mol. The topological polar surface area (TPSA) is 111 Å². The lowest BCUT2D eigenvalue weighted by Crippen LogP contribution is -2.35. The molecule has 1 aromatic rings. The molecule has 2 rings (SSSR count). The third-order valence-corrected chi connectivity index (χ3v) is 5.01. The Balaban J connectivity index is 2.20. The van der Waals surface area contributed by atoms with Gasteiger partial charge >= 0.3 is 0 Å². The average Bonchev–Trinajstić information content (AvgIpc) is 2.71. The van der Waals surface area contributed by atoms with Crippen LogP contribution in [0.2, 0.25) is 5.15 Å². The van der Waals surface area contributed by atoms with Gasteiger partial charge in [-0.1, -0.05) is 11.6 Å². The molecular formula is C11H16ClIN4O3. The van der Waals surface area contributed by atoms with Gasteiger partial charge in [-0.3, -0.25) is 0 Å². The number of anilines is 2. The maximum absolute atomic E-state index is 9.99. The fourth-order valence-corrected chi connectivity index (χ4v) is 2.82. The van der Waals surface area contributed by atoms with E-state index in [2.05, 4.69) is 20.6 Å². The molecule has 1 aromatic heterocycles. The molecule has 0 aliphatic heterocycles. The third-order valence-electron chi connectivity index (χ3n) is 3.39. The lowest BCUT2D eigenvalue weighted by atomic mass is 10.1. The van der Waals surface area contributed by atoms with Crippen molar-refractivity contribution < 1.29 is 15.3 Å². The summed E-state index contributed by atoms with van der Waals surface area (Å²) in [7, 11) is 1.68. The second-order valence-electron chi connectivity index (χ2n) is 4.66. The van der Waals surface area contributed by atoms with Crippen LogP contribution in [0, 0.1) is 9.49 Å². The van der Waals surface area contributed by atoms with E-state index in [1.165, 1.54) is 0 Å². The highest BCUT2D eigenvalue weighted by molar-refractivity contribution is 14.1. The average molecular weight is 415 g/mol. The number of aliphatic hydroxyl groups excluding tert-OH is 3. The van der Waals surface area contributed by atoms with Crippen LogP contribution in [0.5, 0.6) is 0 Å². The van der Waals surface area contributed by atoms with E-state index in [0.717, 1.165) is 0 Å². The zero-order valence-corrected chi connectivity index (χ0v) is 13.6. The largest absolute Gasteiger partial charge is 0.396 e. The van der Waals surface area contributed by atoms with Gasteiger partial charge in [0.2, 0.25) is 5.95 Å². The molecule has 4 atom stereocenters. The Morgan fingerprint density at radius 3 is 2.60 bits per heavy atom. The summed E-state index contributed by atoms with van der Waals surface area (Å²) in [5, 5.41) is 35.1. The Bertz CT molecular complexity index is 493. The Hall–Kier alpha value is -0.420. The summed E-state index contributed by atoms with van der Waals surface area (Å²) in [6, 6.07) is -0.397. The van der Waals surface area contributed by atoms with Gasteiger partial charge < -0.3 is 26.0 Å². The van der Waals surface area contributed by atoms with Gasteiger partial charge in [-0.2, -0.15) is 9.97 Å². The molecule has 5 N–H and O–H groups in total. The van der Waals surface area contributed by atoms with E-state index in [9.17, 15) is 10.2 Å².